The first-order valence-electron chi connectivity index (χ1n) is 11.4. The van der Waals surface area contributed by atoms with E-state index in [-0.39, 0.29) is 0 Å². The first-order valence-corrected chi connectivity index (χ1v) is 11.4. The Morgan fingerprint density at radius 3 is 2.62 bits per heavy atom. The molecule has 2 aromatic heterocycles. The number of nitrogens with one attached hydrogen (secondary N) is 1. The lowest BCUT2D eigenvalue weighted by atomic mass is 10.2. The fourth-order valence-electron chi connectivity index (χ4n) is 3.73. The lowest BCUT2D eigenvalue weighted by Gasteiger charge is -2.06. The second-order valence-electron chi connectivity index (χ2n) is 7.82. The zero-order valence-electron chi connectivity index (χ0n) is 18.8. The van der Waals surface area contributed by atoms with E-state index in [4.69, 9.17) is 4.74 Å². The molecule has 2 heterocycles. The first kappa shape index (κ1) is 21.7. The number of nitrogens with zero attached hydrogens (tertiary/aromatic N) is 5. The highest BCUT2D eigenvalue weighted by Gasteiger charge is 2.13. The Morgan fingerprint density at radius 2 is 1.81 bits per heavy atom. The van der Waals surface area contributed by atoms with Crippen molar-refractivity contribution in [2.45, 2.75) is 52.5 Å². The second-order valence-corrected chi connectivity index (χ2v) is 7.82. The minimum atomic E-state index is 0.376. The van der Waals surface area contributed by atoms with Gasteiger partial charge in [0.25, 0.3) is 5.95 Å². The van der Waals surface area contributed by atoms with Crippen LogP contribution in [0.3, 0.4) is 0 Å². The molecule has 0 fully saturated rings. The van der Waals surface area contributed by atoms with Crippen LogP contribution < -0.4 is 10.2 Å². The molecule has 0 aliphatic heterocycles. The monoisotopic (exact) mass is 430 g/mol. The van der Waals surface area contributed by atoms with E-state index < -0.39 is 0 Å². The normalized spacial score (nSPS) is 11.6. The lowest BCUT2D eigenvalue weighted by Crippen LogP contribution is -2.03. The zero-order chi connectivity index (χ0) is 22.2. The van der Waals surface area contributed by atoms with Crippen LogP contribution >= 0.6 is 0 Å². The fraction of sp³-hybridized carbons (Fsp3) is 0.360. The molecule has 0 radical (unpaired) electrons. The summed E-state index contributed by atoms with van der Waals surface area (Å²) in [5, 5.41) is 14.0. The van der Waals surface area contributed by atoms with Gasteiger partial charge in [-0.1, -0.05) is 51.3 Å². The number of rotatable bonds is 11. The van der Waals surface area contributed by atoms with Crippen LogP contribution in [0.2, 0.25) is 0 Å². The molecule has 0 spiro atoms. The molecule has 0 aliphatic carbocycles. The third-order valence-corrected chi connectivity index (χ3v) is 5.35. The van der Waals surface area contributed by atoms with Gasteiger partial charge in [-0.15, -0.1) is 10.2 Å². The van der Waals surface area contributed by atoms with Gasteiger partial charge >= 0.3 is 0 Å². The highest BCUT2D eigenvalue weighted by molar-refractivity contribution is 6.04. The summed E-state index contributed by atoms with van der Waals surface area (Å²) in [5.41, 5.74) is 6.63. The average Bonchev–Trinajstić information content (AvgIpc) is 3.13. The number of para-hydroxylation sites is 1. The van der Waals surface area contributed by atoms with Crippen molar-refractivity contribution in [2.75, 3.05) is 12.0 Å². The van der Waals surface area contributed by atoms with E-state index in [0.717, 1.165) is 59.4 Å². The molecule has 166 valence electrons. The van der Waals surface area contributed by atoms with Crippen LogP contribution in [0.4, 0.5) is 5.95 Å². The Bertz CT molecular complexity index is 1180. The van der Waals surface area contributed by atoms with Gasteiger partial charge in [-0.25, -0.2) is 5.43 Å². The molecule has 0 atom stereocenters. The zero-order valence-corrected chi connectivity index (χ0v) is 18.8. The van der Waals surface area contributed by atoms with Crippen molar-refractivity contribution in [3.05, 3.63) is 54.1 Å². The highest BCUT2D eigenvalue weighted by Crippen LogP contribution is 2.26. The number of aromatic nitrogens is 4. The van der Waals surface area contributed by atoms with Gasteiger partial charge in [0.15, 0.2) is 5.65 Å². The molecule has 7 nitrogen and oxygen atoms in total. The van der Waals surface area contributed by atoms with Crippen molar-refractivity contribution >= 4 is 34.2 Å². The lowest BCUT2D eigenvalue weighted by molar-refractivity contribution is 0.305. The minimum Gasteiger partial charge on any atom is -0.494 e. The maximum Gasteiger partial charge on any atom is 0.265 e. The van der Waals surface area contributed by atoms with Gasteiger partial charge in [-0.05, 0) is 48.7 Å². The highest BCUT2D eigenvalue weighted by atomic mass is 16.5. The number of hydrogen-bond acceptors (Lipinski definition) is 6. The van der Waals surface area contributed by atoms with Crippen LogP contribution in [-0.2, 0) is 6.54 Å². The summed E-state index contributed by atoms with van der Waals surface area (Å²) >= 11 is 0. The van der Waals surface area contributed by atoms with Gasteiger partial charge in [0.1, 0.15) is 11.3 Å². The Morgan fingerprint density at radius 1 is 0.969 bits per heavy atom. The fourth-order valence-corrected chi connectivity index (χ4v) is 3.73. The van der Waals surface area contributed by atoms with Crippen LogP contribution in [0.1, 0.15) is 51.5 Å². The van der Waals surface area contributed by atoms with Gasteiger partial charge < -0.3 is 9.30 Å². The third kappa shape index (κ3) is 5.04. The van der Waals surface area contributed by atoms with E-state index in [1.165, 1.54) is 19.3 Å². The van der Waals surface area contributed by atoms with Crippen LogP contribution in [0.15, 0.2) is 53.6 Å². The van der Waals surface area contributed by atoms with Crippen molar-refractivity contribution < 1.29 is 4.74 Å². The molecule has 2 aromatic carbocycles. The number of hydrazone groups is 1. The number of hydrogen-bond donors (Lipinski definition) is 1. The molecule has 0 aliphatic rings. The number of ether oxygens (including phenoxy) is 1. The third-order valence-electron chi connectivity index (χ3n) is 5.35. The first-order chi connectivity index (χ1) is 15.8. The van der Waals surface area contributed by atoms with Crippen molar-refractivity contribution in [1.82, 2.24) is 19.7 Å². The van der Waals surface area contributed by atoms with Crippen molar-refractivity contribution in [3.8, 4) is 5.75 Å². The van der Waals surface area contributed by atoms with E-state index in [9.17, 15) is 0 Å². The van der Waals surface area contributed by atoms with Gasteiger partial charge in [-0.3, -0.25) is 0 Å². The molecule has 0 unspecified atom stereocenters. The molecule has 7 heteroatoms. The molecule has 1 N–H and O–H groups in total. The number of anilines is 1. The second kappa shape index (κ2) is 10.7. The van der Waals surface area contributed by atoms with Gasteiger partial charge in [0.2, 0.25) is 0 Å². The molecular weight excluding hydrogens is 400 g/mol. The molecule has 0 saturated carbocycles. The predicted molar refractivity (Wildman–Crippen MR) is 130 cm³/mol. The van der Waals surface area contributed by atoms with E-state index in [1.54, 1.807) is 6.21 Å². The summed E-state index contributed by atoms with van der Waals surface area (Å²) in [7, 11) is 0. The molecule has 4 aromatic rings. The van der Waals surface area contributed by atoms with Crippen LogP contribution in [0, 0.1) is 0 Å². The molecule has 0 bridgehead atoms. The SMILES string of the molecule is CCCCCCOc1ccc(/C=N/Nc2nnc3c4ccccc4n(CCC)c3n2)cc1. The minimum absolute atomic E-state index is 0.376. The number of benzene rings is 2. The van der Waals surface area contributed by atoms with E-state index in [2.05, 4.69) is 56.3 Å². The molecule has 0 saturated heterocycles. The Labute approximate surface area is 188 Å². The van der Waals surface area contributed by atoms with Gasteiger partial charge in [0, 0.05) is 11.9 Å². The molecule has 32 heavy (non-hydrogen) atoms. The molecular formula is C25H30N6O. The van der Waals surface area contributed by atoms with E-state index in [1.807, 2.05) is 36.4 Å². The largest absolute Gasteiger partial charge is 0.494 e. The number of aryl methyl sites for hydroxylation is 1. The smallest absolute Gasteiger partial charge is 0.265 e. The predicted octanol–water partition coefficient (Wildman–Crippen LogP) is 5.79. The van der Waals surface area contributed by atoms with Crippen LogP contribution in [0.5, 0.6) is 5.75 Å². The Balaban J connectivity index is 1.41. The van der Waals surface area contributed by atoms with Gasteiger partial charge in [0.05, 0.1) is 18.3 Å². The summed E-state index contributed by atoms with van der Waals surface area (Å²) in [5.74, 6) is 1.26. The Kier molecular flexibility index (Phi) is 7.27. The number of unbranched alkanes of at least 4 members (excludes halogenated alkanes) is 3. The quantitative estimate of drug-likeness (QED) is 0.185. The average molecular weight is 431 g/mol. The van der Waals surface area contributed by atoms with Crippen LogP contribution in [0.25, 0.3) is 22.1 Å². The molecule has 4 rings (SSSR count). The van der Waals surface area contributed by atoms with Crippen molar-refractivity contribution in [3.63, 3.8) is 0 Å². The topological polar surface area (TPSA) is 77.2 Å². The van der Waals surface area contributed by atoms with Crippen molar-refractivity contribution in [2.24, 2.45) is 5.10 Å². The Hall–Kier alpha value is -3.48. The summed E-state index contributed by atoms with van der Waals surface area (Å²) in [4.78, 5) is 4.68. The summed E-state index contributed by atoms with van der Waals surface area (Å²) in [6.45, 7) is 6.00. The maximum atomic E-state index is 5.79. The molecule has 0 amide bonds. The van der Waals surface area contributed by atoms with E-state index >= 15 is 0 Å². The number of fused-ring (bicyclic) bond motifs is 3. The summed E-state index contributed by atoms with van der Waals surface area (Å²) in [6.07, 6.45) is 7.56. The summed E-state index contributed by atoms with van der Waals surface area (Å²) in [6, 6.07) is 16.1. The van der Waals surface area contributed by atoms with E-state index in [0.29, 0.717) is 5.95 Å². The summed E-state index contributed by atoms with van der Waals surface area (Å²) < 4.78 is 7.98. The van der Waals surface area contributed by atoms with Crippen molar-refractivity contribution in [1.29, 1.82) is 0 Å². The maximum absolute atomic E-state index is 5.79. The van der Waals surface area contributed by atoms with Gasteiger partial charge in [-0.2, -0.15) is 10.1 Å². The van der Waals surface area contributed by atoms with Crippen LogP contribution in [-0.4, -0.2) is 32.6 Å². The standard InChI is InChI=1S/C25H30N6O/c1-3-5-6-9-17-32-20-14-12-19(13-15-20)18-26-29-25-27-24-23(28-30-25)21-10-7-8-11-22(21)31(24)16-4-2/h7-8,10-15,18H,3-6,9,16-17H2,1-2H3,(H,27,29,30)/b26-18+.